The lowest BCUT2D eigenvalue weighted by molar-refractivity contribution is -0.945. The molecule has 0 amide bonds. The van der Waals surface area contributed by atoms with E-state index < -0.39 is 0 Å². The Bertz CT molecular complexity index is 367. The molecule has 2 nitrogen and oxygen atoms in total. The Kier molecular flexibility index (Phi) is 9.78. The molecule has 20 heavy (non-hydrogen) atoms. The number of likely N-dealkylation sites (N-methyl/N-ethyl adjacent to an activating group) is 2. The van der Waals surface area contributed by atoms with Gasteiger partial charge in [0.05, 0.1) is 35.2 Å². The normalized spacial score (nSPS) is 11.5. The van der Waals surface area contributed by atoms with E-state index in [1.807, 2.05) is 0 Å². The van der Waals surface area contributed by atoms with Crippen molar-refractivity contribution in [2.45, 2.75) is 19.9 Å². The summed E-state index contributed by atoms with van der Waals surface area (Å²) in [5, 5.41) is 0. The molecule has 0 bridgehead atoms. The average Bonchev–Trinajstić information content (AvgIpc) is 2.26. The van der Waals surface area contributed by atoms with Crippen molar-refractivity contribution in [3.8, 4) is 0 Å². The van der Waals surface area contributed by atoms with E-state index in [1.54, 1.807) is 0 Å². The van der Waals surface area contributed by atoms with Crippen molar-refractivity contribution in [1.29, 1.82) is 0 Å². The highest BCUT2D eigenvalue weighted by atomic mass is 35.5. The van der Waals surface area contributed by atoms with Crippen molar-refractivity contribution < 1.29 is 33.8 Å². The maximum absolute atomic E-state index is 2.32. The zero-order chi connectivity index (χ0) is 13.8. The summed E-state index contributed by atoms with van der Waals surface area (Å²) in [7, 11) is 11.4. The minimum atomic E-state index is 0. The van der Waals surface area contributed by atoms with E-state index in [9.17, 15) is 0 Å². The summed E-state index contributed by atoms with van der Waals surface area (Å²) in [6, 6.07) is 9.08. The Hall–Kier alpha value is -0.280. The maximum atomic E-state index is 2.32. The summed E-state index contributed by atoms with van der Waals surface area (Å²) in [5.74, 6) is 0. The van der Waals surface area contributed by atoms with Crippen LogP contribution in [0.2, 0.25) is 0 Å². The molecular formula is C16H30Cl2N2. The summed E-state index contributed by atoms with van der Waals surface area (Å²) in [5.41, 5.74) is 2.87. The molecule has 4 heteroatoms. The van der Waals surface area contributed by atoms with Gasteiger partial charge in [0, 0.05) is 5.56 Å². The summed E-state index contributed by atoms with van der Waals surface area (Å²) < 4.78 is 2.09. The summed E-state index contributed by atoms with van der Waals surface area (Å²) >= 11 is 0. The van der Waals surface area contributed by atoms with Gasteiger partial charge in [-0.25, -0.2) is 0 Å². The summed E-state index contributed by atoms with van der Waals surface area (Å²) in [6.45, 7) is 5.74. The average molecular weight is 321 g/mol. The highest BCUT2D eigenvalue weighted by molar-refractivity contribution is 5.21. The van der Waals surface area contributed by atoms with Crippen LogP contribution in [0.4, 0.5) is 0 Å². The van der Waals surface area contributed by atoms with Gasteiger partial charge in [-0.1, -0.05) is 31.2 Å². The standard InChI is InChI=1S/C16H30N2.2ClH/c1-7-15-8-10-16(11-9-15)14-18(5,6)13-12-17(2,3)4;;/h8-11H,7,12-14H2,1-6H3;2*1H/q+2;;/p-2. The third kappa shape index (κ3) is 8.80. The second-order valence-electron chi connectivity index (χ2n) is 7.00. The number of halogens is 2. The van der Waals surface area contributed by atoms with Gasteiger partial charge in [-0.3, -0.25) is 0 Å². The molecule has 0 aliphatic carbocycles. The van der Waals surface area contributed by atoms with E-state index >= 15 is 0 Å². The largest absolute Gasteiger partial charge is 1.00 e. The first-order valence-corrected chi connectivity index (χ1v) is 6.92. The van der Waals surface area contributed by atoms with Crippen molar-refractivity contribution in [2.75, 3.05) is 48.3 Å². The highest BCUT2D eigenvalue weighted by Gasteiger charge is 2.20. The fourth-order valence-electron chi connectivity index (χ4n) is 2.02. The Morgan fingerprint density at radius 3 is 1.60 bits per heavy atom. The molecule has 0 saturated heterocycles. The third-order valence-electron chi connectivity index (χ3n) is 3.42. The van der Waals surface area contributed by atoms with Gasteiger partial charge < -0.3 is 33.8 Å². The number of nitrogens with zero attached hydrogens (tertiary/aromatic N) is 2. The quantitative estimate of drug-likeness (QED) is 0.478. The van der Waals surface area contributed by atoms with Gasteiger partial charge in [-0.15, -0.1) is 0 Å². The molecule has 0 aromatic heterocycles. The molecule has 0 fully saturated rings. The number of quaternary nitrogens is 2. The predicted octanol–water partition coefficient (Wildman–Crippen LogP) is -3.46. The number of benzene rings is 1. The van der Waals surface area contributed by atoms with Crippen LogP contribution in [0.5, 0.6) is 0 Å². The minimum Gasteiger partial charge on any atom is -1.00 e. The van der Waals surface area contributed by atoms with E-state index in [1.165, 1.54) is 24.2 Å². The number of hydrogen-bond acceptors (Lipinski definition) is 0. The molecule has 0 unspecified atom stereocenters. The number of aryl methyl sites for hydroxylation is 1. The fraction of sp³-hybridized carbons (Fsp3) is 0.625. The smallest absolute Gasteiger partial charge is 0.128 e. The van der Waals surface area contributed by atoms with E-state index in [2.05, 4.69) is 66.4 Å². The van der Waals surface area contributed by atoms with Gasteiger partial charge in [0.1, 0.15) is 19.6 Å². The molecule has 1 aromatic rings. The lowest BCUT2D eigenvalue weighted by atomic mass is 10.1. The van der Waals surface area contributed by atoms with Crippen LogP contribution in [0.15, 0.2) is 24.3 Å². The first-order valence-electron chi connectivity index (χ1n) is 6.92. The third-order valence-corrected chi connectivity index (χ3v) is 3.42. The first-order chi connectivity index (χ1) is 8.22. The second-order valence-corrected chi connectivity index (χ2v) is 7.00. The summed E-state index contributed by atoms with van der Waals surface area (Å²) in [4.78, 5) is 0. The molecule has 0 radical (unpaired) electrons. The van der Waals surface area contributed by atoms with Crippen LogP contribution in [-0.2, 0) is 13.0 Å². The van der Waals surface area contributed by atoms with Crippen LogP contribution in [0.1, 0.15) is 18.1 Å². The molecule has 0 saturated carbocycles. The molecule has 1 rings (SSSR count). The lowest BCUT2D eigenvalue weighted by Crippen LogP contribution is -3.00. The van der Waals surface area contributed by atoms with Crippen molar-refractivity contribution >= 4 is 0 Å². The van der Waals surface area contributed by atoms with Gasteiger partial charge in [0.25, 0.3) is 0 Å². The Labute approximate surface area is 137 Å². The first kappa shape index (κ1) is 22.0. The summed E-state index contributed by atoms with van der Waals surface area (Å²) in [6.07, 6.45) is 1.13. The monoisotopic (exact) mass is 320 g/mol. The van der Waals surface area contributed by atoms with Gasteiger partial charge in [0.2, 0.25) is 0 Å². The van der Waals surface area contributed by atoms with Gasteiger partial charge >= 0.3 is 0 Å². The molecular weight excluding hydrogens is 291 g/mol. The Balaban J connectivity index is 0. The van der Waals surface area contributed by atoms with E-state index in [0.29, 0.717) is 0 Å². The molecule has 0 atom stereocenters. The number of hydrogen-bond donors (Lipinski definition) is 0. The predicted molar refractivity (Wildman–Crippen MR) is 79.4 cm³/mol. The van der Waals surface area contributed by atoms with E-state index in [0.717, 1.165) is 21.9 Å². The molecule has 0 aliphatic rings. The van der Waals surface area contributed by atoms with Crippen LogP contribution in [0.25, 0.3) is 0 Å². The second kappa shape index (κ2) is 8.89. The van der Waals surface area contributed by atoms with E-state index in [-0.39, 0.29) is 24.8 Å². The maximum Gasteiger partial charge on any atom is 0.128 e. The zero-order valence-electron chi connectivity index (χ0n) is 13.8. The Morgan fingerprint density at radius 2 is 1.20 bits per heavy atom. The molecule has 0 heterocycles. The molecule has 0 N–H and O–H groups in total. The van der Waals surface area contributed by atoms with Crippen LogP contribution in [-0.4, -0.2) is 57.3 Å². The van der Waals surface area contributed by atoms with Crippen LogP contribution in [0, 0.1) is 0 Å². The topological polar surface area (TPSA) is 0 Å². The van der Waals surface area contributed by atoms with Crippen molar-refractivity contribution in [1.82, 2.24) is 0 Å². The Morgan fingerprint density at radius 1 is 0.750 bits per heavy atom. The molecule has 118 valence electrons. The molecule has 0 spiro atoms. The molecule has 1 aromatic carbocycles. The van der Waals surface area contributed by atoms with Crippen LogP contribution in [0.3, 0.4) is 0 Å². The molecule has 0 aliphatic heterocycles. The lowest BCUT2D eigenvalue weighted by Gasteiger charge is -2.33. The number of rotatable bonds is 6. The SMILES string of the molecule is CCc1ccc(C[N+](C)(C)CC[N+](C)(C)C)cc1.[Cl-].[Cl-]. The van der Waals surface area contributed by atoms with Gasteiger partial charge in [-0.2, -0.15) is 0 Å². The van der Waals surface area contributed by atoms with Crippen LogP contribution < -0.4 is 24.8 Å². The highest BCUT2D eigenvalue weighted by Crippen LogP contribution is 2.11. The zero-order valence-corrected chi connectivity index (χ0v) is 15.3. The fourth-order valence-corrected chi connectivity index (χ4v) is 2.02. The van der Waals surface area contributed by atoms with E-state index in [4.69, 9.17) is 0 Å². The van der Waals surface area contributed by atoms with Crippen molar-refractivity contribution in [3.05, 3.63) is 35.4 Å². The minimum absolute atomic E-state index is 0. The van der Waals surface area contributed by atoms with Crippen molar-refractivity contribution in [3.63, 3.8) is 0 Å². The van der Waals surface area contributed by atoms with Gasteiger partial charge in [0.15, 0.2) is 0 Å². The van der Waals surface area contributed by atoms with Crippen LogP contribution >= 0.6 is 0 Å². The van der Waals surface area contributed by atoms with Crippen molar-refractivity contribution in [2.24, 2.45) is 0 Å². The van der Waals surface area contributed by atoms with Gasteiger partial charge in [-0.05, 0) is 12.0 Å².